The number of hydrogen-bond acceptors (Lipinski definition) is 4. The van der Waals surface area contributed by atoms with Gasteiger partial charge in [-0.15, -0.1) is 5.10 Å². The van der Waals surface area contributed by atoms with Gasteiger partial charge in [-0.05, 0) is 29.8 Å². The molecule has 0 fully saturated rings. The van der Waals surface area contributed by atoms with Gasteiger partial charge in [0.05, 0.1) is 17.4 Å². The van der Waals surface area contributed by atoms with E-state index in [4.69, 9.17) is 5.11 Å². The molecule has 98 valence electrons. The van der Waals surface area contributed by atoms with Crippen LogP contribution in [0.15, 0.2) is 48.8 Å². The maximum absolute atomic E-state index is 10.5. The van der Waals surface area contributed by atoms with Crippen molar-refractivity contribution in [2.75, 3.05) is 0 Å². The summed E-state index contributed by atoms with van der Waals surface area (Å²) in [6.45, 7) is 0. The largest absolute Gasteiger partial charge is 0.478 e. The van der Waals surface area contributed by atoms with E-state index in [9.17, 15) is 4.79 Å². The number of pyridine rings is 1. The highest BCUT2D eigenvalue weighted by molar-refractivity contribution is 5.85. The van der Waals surface area contributed by atoms with Crippen LogP contribution in [0, 0.1) is 0 Å². The second-order valence-electron chi connectivity index (χ2n) is 4.14. The Labute approximate surface area is 114 Å². The number of hydrogen-bond donors (Lipinski definition) is 1. The van der Waals surface area contributed by atoms with E-state index in [0.29, 0.717) is 5.56 Å². The van der Waals surface area contributed by atoms with Gasteiger partial charge in [-0.25, -0.2) is 9.48 Å². The number of carboxylic acid groups (broad SMARTS) is 1. The summed E-state index contributed by atoms with van der Waals surface area (Å²) in [6, 6.07) is 9.39. The SMILES string of the molecule is O=C(O)/C=C/c1cncc(-n2nnc3ccccc32)c1. The minimum absolute atomic E-state index is 0.685. The van der Waals surface area contributed by atoms with Crippen molar-refractivity contribution < 1.29 is 9.90 Å². The minimum atomic E-state index is -0.999. The van der Waals surface area contributed by atoms with E-state index in [1.165, 1.54) is 6.08 Å². The molecule has 0 aliphatic rings. The van der Waals surface area contributed by atoms with E-state index in [2.05, 4.69) is 15.3 Å². The predicted molar refractivity (Wildman–Crippen MR) is 73.3 cm³/mol. The third-order valence-corrected chi connectivity index (χ3v) is 2.76. The first kappa shape index (κ1) is 12.0. The fourth-order valence-electron chi connectivity index (χ4n) is 1.88. The highest BCUT2D eigenvalue weighted by atomic mass is 16.4. The molecule has 0 radical (unpaired) electrons. The molecule has 0 atom stereocenters. The quantitative estimate of drug-likeness (QED) is 0.732. The van der Waals surface area contributed by atoms with Crippen LogP contribution in [0.3, 0.4) is 0 Å². The lowest BCUT2D eigenvalue weighted by atomic mass is 10.2. The zero-order valence-electron chi connectivity index (χ0n) is 10.3. The summed E-state index contributed by atoms with van der Waals surface area (Å²) in [5, 5.41) is 16.8. The van der Waals surface area contributed by atoms with Crippen LogP contribution in [0.25, 0.3) is 22.8 Å². The average Bonchev–Trinajstić information content (AvgIpc) is 2.89. The lowest BCUT2D eigenvalue weighted by Gasteiger charge is -2.02. The normalized spacial score (nSPS) is 11.2. The molecule has 3 aromatic rings. The summed E-state index contributed by atoms with van der Waals surface area (Å²) >= 11 is 0. The highest BCUT2D eigenvalue weighted by Crippen LogP contribution is 2.16. The van der Waals surface area contributed by atoms with Crippen LogP contribution in [-0.2, 0) is 4.79 Å². The first-order valence-corrected chi connectivity index (χ1v) is 5.91. The van der Waals surface area contributed by atoms with Crippen molar-refractivity contribution in [2.45, 2.75) is 0 Å². The molecule has 1 aromatic carbocycles. The molecule has 6 heteroatoms. The number of rotatable bonds is 3. The number of benzene rings is 1. The molecule has 2 aromatic heterocycles. The van der Waals surface area contributed by atoms with Crippen LogP contribution >= 0.6 is 0 Å². The molecule has 1 N–H and O–H groups in total. The Balaban J connectivity index is 2.06. The van der Waals surface area contributed by atoms with E-state index in [1.54, 1.807) is 23.1 Å². The Morgan fingerprint density at radius 2 is 2.10 bits per heavy atom. The lowest BCUT2D eigenvalue weighted by Crippen LogP contribution is -1.98. The van der Waals surface area contributed by atoms with Crippen molar-refractivity contribution in [1.29, 1.82) is 0 Å². The van der Waals surface area contributed by atoms with Gasteiger partial charge in [0.15, 0.2) is 0 Å². The molecule has 0 spiro atoms. The van der Waals surface area contributed by atoms with Gasteiger partial charge in [-0.3, -0.25) is 4.98 Å². The Morgan fingerprint density at radius 3 is 2.95 bits per heavy atom. The summed E-state index contributed by atoms with van der Waals surface area (Å²) in [7, 11) is 0. The number of fused-ring (bicyclic) bond motifs is 1. The fourth-order valence-corrected chi connectivity index (χ4v) is 1.88. The summed E-state index contributed by atoms with van der Waals surface area (Å²) in [6.07, 6.45) is 5.79. The Kier molecular flexibility index (Phi) is 2.96. The maximum atomic E-state index is 10.5. The first-order valence-electron chi connectivity index (χ1n) is 5.91. The molecule has 0 aliphatic heterocycles. The van der Waals surface area contributed by atoms with Crippen molar-refractivity contribution in [3.05, 3.63) is 54.4 Å². The number of carbonyl (C=O) groups is 1. The standard InChI is InChI=1S/C14H10N4O2/c19-14(20)6-5-10-7-11(9-15-8-10)18-13-4-2-1-3-12(13)16-17-18/h1-9H,(H,19,20)/b6-5+. The lowest BCUT2D eigenvalue weighted by molar-refractivity contribution is -0.131. The van der Waals surface area contributed by atoms with E-state index >= 15 is 0 Å². The molecule has 0 aliphatic carbocycles. The van der Waals surface area contributed by atoms with Crippen molar-refractivity contribution >= 4 is 23.1 Å². The molecule has 2 heterocycles. The predicted octanol–water partition coefficient (Wildman–Crippen LogP) is 1.91. The maximum Gasteiger partial charge on any atom is 0.328 e. The monoisotopic (exact) mass is 266 g/mol. The Hall–Kier alpha value is -3.02. The van der Waals surface area contributed by atoms with Gasteiger partial charge in [0.2, 0.25) is 0 Å². The van der Waals surface area contributed by atoms with Crippen LogP contribution in [0.2, 0.25) is 0 Å². The molecule has 0 unspecified atom stereocenters. The molecular formula is C14H10N4O2. The topological polar surface area (TPSA) is 80.9 Å². The second-order valence-corrected chi connectivity index (χ2v) is 4.14. The smallest absolute Gasteiger partial charge is 0.328 e. The van der Waals surface area contributed by atoms with Crippen LogP contribution in [0.4, 0.5) is 0 Å². The fraction of sp³-hybridized carbons (Fsp3) is 0. The van der Waals surface area contributed by atoms with Gasteiger partial charge in [-0.1, -0.05) is 17.3 Å². The molecular weight excluding hydrogens is 256 g/mol. The number of aromatic nitrogens is 4. The number of aliphatic carboxylic acids is 1. The third-order valence-electron chi connectivity index (χ3n) is 2.76. The van der Waals surface area contributed by atoms with E-state index in [0.717, 1.165) is 22.8 Å². The van der Waals surface area contributed by atoms with Crippen molar-refractivity contribution in [1.82, 2.24) is 20.0 Å². The van der Waals surface area contributed by atoms with Crippen molar-refractivity contribution in [3.63, 3.8) is 0 Å². The Bertz CT molecular complexity index is 808. The van der Waals surface area contributed by atoms with Gasteiger partial charge in [0, 0.05) is 12.3 Å². The molecule has 0 amide bonds. The van der Waals surface area contributed by atoms with E-state index in [-0.39, 0.29) is 0 Å². The van der Waals surface area contributed by atoms with Crippen LogP contribution in [0.5, 0.6) is 0 Å². The van der Waals surface area contributed by atoms with Gasteiger partial charge in [0.25, 0.3) is 0 Å². The summed E-state index contributed by atoms with van der Waals surface area (Å²) in [4.78, 5) is 14.6. The molecule has 6 nitrogen and oxygen atoms in total. The van der Waals surface area contributed by atoms with Gasteiger partial charge < -0.3 is 5.11 Å². The zero-order valence-corrected chi connectivity index (χ0v) is 10.3. The van der Waals surface area contributed by atoms with Crippen molar-refractivity contribution in [2.24, 2.45) is 0 Å². The average molecular weight is 266 g/mol. The summed E-state index contributed by atoms with van der Waals surface area (Å²) < 4.78 is 1.67. The molecule has 3 rings (SSSR count). The zero-order chi connectivity index (χ0) is 13.9. The van der Waals surface area contributed by atoms with E-state index in [1.807, 2.05) is 24.3 Å². The van der Waals surface area contributed by atoms with E-state index < -0.39 is 5.97 Å². The second kappa shape index (κ2) is 4.93. The van der Waals surface area contributed by atoms with Crippen molar-refractivity contribution in [3.8, 4) is 5.69 Å². The third kappa shape index (κ3) is 2.26. The van der Waals surface area contributed by atoms with Gasteiger partial charge in [-0.2, -0.15) is 0 Å². The minimum Gasteiger partial charge on any atom is -0.478 e. The van der Waals surface area contributed by atoms with Gasteiger partial charge in [0.1, 0.15) is 5.52 Å². The molecule has 0 bridgehead atoms. The first-order chi connectivity index (χ1) is 9.74. The van der Waals surface area contributed by atoms with Crippen LogP contribution < -0.4 is 0 Å². The molecule has 0 saturated carbocycles. The summed E-state index contributed by atoms with van der Waals surface area (Å²) in [5.74, 6) is -0.999. The molecule has 0 saturated heterocycles. The summed E-state index contributed by atoms with van der Waals surface area (Å²) in [5.41, 5.74) is 3.07. The number of para-hydroxylation sites is 1. The highest BCUT2D eigenvalue weighted by Gasteiger charge is 2.06. The number of nitrogens with zero attached hydrogens (tertiary/aromatic N) is 4. The molecule has 20 heavy (non-hydrogen) atoms. The van der Waals surface area contributed by atoms with Gasteiger partial charge >= 0.3 is 5.97 Å². The van der Waals surface area contributed by atoms with Crippen LogP contribution in [-0.4, -0.2) is 31.1 Å². The van der Waals surface area contributed by atoms with Crippen LogP contribution in [0.1, 0.15) is 5.56 Å². The number of carboxylic acids is 1. The Morgan fingerprint density at radius 1 is 1.25 bits per heavy atom.